The number of nitrogens with one attached hydrogen (secondary N) is 1. The van der Waals surface area contributed by atoms with Gasteiger partial charge in [-0.15, -0.1) is 11.3 Å². The molecule has 0 atom stereocenters. The molecule has 2 rings (SSSR count). The van der Waals surface area contributed by atoms with Crippen molar-refractivity contribution in [1.82, 2.24) is 0 Å². The van der Waals surface area contributed by atoms with Crippen molar-refractivity contribution in [3.63, 3.8) is 0 Å². The summed E-state index contributed by atoms with van der Waals surface area (Å²) in [5.74, 6) is -1.80. The molecule has 20 heavy (non-hydrogen) atoms. The fourth-order valence-corrected chi connectivity index (χ4v) is 4.57. The van der Waals surface area contributed by atoms with E-state index in [9.17, 15) is 17.6 Å². The van der Waals surface area contributed by atoms with Crippen molar-refractivity contribution in [2.75, 3.05) is 4.72 Å². The van der Waals surface area contributed by atoms with Crippen LogP contribution in [0.2, 0.25) is 0 Å². The number of thiophene rings is 1. The average Bonchev–Trinajstić information content (AvgIpc) is 2.82. The maximum atomic E-state index is 13.0. The lowest BCUT2D eigenvalue weighted by molar-refractivity contribution is 0.0698. The average molecular weight is 427 g/mol. The number of rotatable bonds is 4. The Morgan fingerprint density at radius 3 is 2.65 bits per heavy atom. The van der Waals surface area contributed by atoms with Crippen LogP contribution < -0.4 is 4.72 Å². The zero-order chi connectivity index (χ0) is 14.9. The molecule has 1 aromatic carbocycles. The summed E-state index contributed by atoms with van der Waals surface area (Å²) in [6, 6.07) is 4.78. The van der Waals surface area contributed by atoms with E-state index in [0.717, 1.165) is 17.4 Å². The molecule has 2 N–H and O–H groups in total. The number of carboxylic acid groups (broad SMARTS) is 1. The maximum Gasteiger partial charge on any atom is 0.347 e. The summed E-state index contributed by atoms with van der Waals surface area (Å²) in [7, 11) is -4.03. The molecular formula is C11H7FINO4S2. The van der Waals surface area contributed by atoms with Crippen LogP contribution in [0.3, 0.4) is 0 Å². The second kappa shape index (κ2) is 5.66. The number of carboxylic acids is 1. The summed E-state index contributed by atoms with van der Waals surface area (Å²) < 4.78 is 39.9. The van der Waals surface area contributed by atoms with Crippen molar-refractivity contribution < 1.29 is 22.7 Å². The van der Waals surface area contributed by atoms with Gasteiger partial charge in [0, 0.05) is 3.57 Å². The first kappa shape index (κ1) is 15.2. The van der Waals surface area contributed by atoms with Gasteiger partial charge in [0.25, 0.3) is 10.0 Å². The minimum absolute atomic E-state index is 0.189. The molecule has 0 aliphatic carbocycles. The highest BCUT2D eigenvalue weighted by molar-refractivity contribution is 14.1. The fraction of sp³-hybridized carbons (Fsp3) is 0. The lowest BCUT2D eigenvalue weighted by Gasteiger charge is -2.09. The molecule has 5 nitrogen and oxygen atoms in total. The Morgan fingerprint density at radius 1 is 1.35 bits per heavy atom. The van der Waals surface area contributed by atoms with Crippen LogP contribution in [-0.2, 0) is 10.0 Å². The summed E-state index contributed by atoms with van der Waals surface area (Å²) in [6.07, 6.45) is 0. The number of carbonyl (C=O) groups is 1. The van der Waals surface area contributed by atoms with Gasteiger partial charge < -0.3 is 5.11 Å². The molecule has 0 saturated heterocycles. The number of hydrogen-bond donors (Lipinski definition) is 2. The summed E-state index contributed by atoms with van der Waals surface area (Å²) in [6.45, 7) is 0. The van der Waals surface area contributed by atoms with Crippen molar-refractivity contribution in [3.8, 4) is 0 Å². The SMILES string of the molecule is O=C(O)c1sccc1S(=O)(=O)Nc1ccc(F)cc1I. The molecule has 0 fully saturated rings. The third-order valence-corrected chi connectivity index (χ3v) is 5.62. The van der Waals surface area contributed by atoms with E-state index in [4.69, 9.17) is 5.11 Å². The van der Waals surface area contributed by atoms with E-state index in [2.05, 4.69) is 4.72 Å². The number of aromatic carboxylic acids is 1. The van der Waals surface area contributed by atoms with Gasteiger partial charge in [0.1, 0.15) is 15.6 Å². The van der Waals surface area contributed by atoms with Crippen LogP contribution in [0.15, 0.2) is 34.5 Å². The Bertz CT molecular complexity index is 772. The molecule has 0 spiro atoms. The second-order valence-corrected chi connectivity index (χ2v) is 7.38. The van der Waals surface area contributed by atoms with Crippen LogP contribution in [0, 0.1) is 9.39 Å². The van der Waals surface area contributed by atoms with Gasteiger partial charge in [-0.05, 0) is 52.2 Å². The summed E-state index contributed by atoms with van der Waals surface area (Å²) in [5.41, 5.74) is 0.189. The molecule has 0 aliphatic heterocycles. The van der Waals surface area contributed by atoms with Crippen LogP contribution in [0.4, 0.5) is 10.1 Å². The first-order valence-corrected chi connectivity index (χ1v) is 8.54. The maximum absolute atomic E-state index is 13.0. The lowest BCUT2D eigenvalue weighted by Crippen LogP contribution is -2.15. The minimum atomic E-state index is -4.03. The molecule has 0 aliphatic rings. The Hall–Kier alpha value is -1.20. The number of halogens is 2. The number of anilines is 1. The summed E-state index contributed by atoms with van der Waals surface area (Å²) >= 11 is 2.61. The molecule has 1 heterocycles. The topological polar surface area (TPSA) is 83.5 Å². The Labute approximate surface area is 131 Å². The minimum Gasteiger partial charge on any atom is -0.477 e. The van der Waals surface area contributed by atoms with Gasteiger partial charge in [-0.25, -0.2) is 17.6 Å². The number of benzene rings is 1. The Morgan fingerprint density at radius 2 is 2.05 bits per heavy atom. The van der Waals surface area contributed by atoms with Gasteiger partial charge in [-0.1, -0.05) is 0 Å². The van der Waals surface area contributed by atoms with Crippen molar-refractivity contribution in [3.05, 3.63) is 43.9 Å². The second-order valence-electron chi connectivity index (χ2n) is 3.65. The predicted octanol–water partition coefficient (Wildman–Crippen LogP) is 2.99. The van der Waals surface area contributed by atoms with E-state index in [1.54, 1.807) is 22.6 Å². The fourth-order valence-electron chi connectivity index (χ4n) is 1.44. The summed E-state index contributed by atoms with van der Waals surface area (Å²) in [4.78, 5) is 10.4. The van der Waals surface area contributed by atoms with Crippen molar-refractivity contribution in [1.29, 1.82) is 0 Å². The summed E-state index contributed by atoms with van der Waals surface area (Å²) in [5, 5.41) is 10.3. The van der Waals surface area contributed by atoms with Crippen molar-refractivity contribution in [2.24, 2.45) is 0 Å². The normalized spacial score (nSPS) is 11.3. The molecular weight excluding hydrogens is 420 g/mol. The van der Waals surface area contributed by atoms with Crippen molar-refractivity contribution in [2.45, 2.75) is 4.90 Å². The third kappa shape index (κ3) is 3.10. The van der Waals surface area contributed by atoms with E-state index in [0.29, 0.717) is 3.57 Å². The van der Waals surface area contributed by atoms with Gasteiger partial charge in [0.15, 0.2) is 0 Å². The number of sulfonamides is 1. The molecule has 0 bridgehead atoms. The van der Waals surface area contributed by atoms with Crippen LogP contribution >= 0.6 is 33.9 Å². The van der Waals surface area contributed by atoms with E-state index in [-0.39, 0.29) is 15.5 Å². The Balaban J connectivity index is 2.41. The standard InChI is InChI=1S/C11H7FINO4S2/c12-6-1-2-8(7(13)5-6)14-20(17,18)9-3-4-19-10(9)11(15)16/h1-5,14H,(H,15,16). The molecule has 0 amide bonds. The quantitative estimate of drug-likeness (QED) is 0.736. The van der Waals surface area contributed by atoms with Crippen LogP contribution in [-0.4, -0.2) is 19.5 Å². The molecule has 2 aromatic rings. The largest absolute Gasteiger partial charge is 0.477 e. The highest BCUT2D eigenvalue weighted by atomic mass is 127. The smallest absolute Gasteiger partial charge is 0.347 e. The van der Waals surface area contributed by atoms with E-state index in [1.807, 2.05) is 0 Å². The van der Waals surface area contributed by atoms with E-state index in [1.165, 1.54) is 23.6 Å². The molecule has 9 heteroatoms. The first-order chi connectivity index (χ1) is 9.31. The van der Waals surface area contributed by atoms with Gasteiger partial charge in [0.2, 0.25) is 0 Å². The van der Waals surface area contributed by atoms with E-state index < -0.39 is 21.8 Å². The monoisotopic (exact) mass is 427 g/mol. The lowest BCUT2D eigenvalue weighted by atomic mass is 10.3. The number of hydrogen-bond acceptors (Lipinski definition) is 4. The van der Waals surface area contributed by atoms with Crippen LogP contribution in [0.25, 0.3) is 0 Å². The van der Waals surface area contributed by atoms with Crippen LogP contribution in [0.1, 0.15) is 9.67 Å². The highest BCUT2D eigenvalue weighted by Gasteiger charge is 2.24. The van der Waals surface area contributed by atoms with Gasteiger partial charge >= 0.3 is 5.97 Å². The third-order valence-electron chi connectivity index (χ3n) is 2.29. The van der Waals surface area contributed by atoms with E-state index >= 15 is 0 Å². The zero-order valence-corrected chi connectivity index (χ0v) is 13.4. The van der Waals surface area contributed by atoms with Gasteiger partial charge in [-0.3, -0.25) is 4.72 Å². The molecule has 0 radical (unpaired) electrons. The highest BCUT2D eigenvalue weighted by Crippen LogP contribution is 2.26. The van der Waals surface area contributed by atoms with Gasteiger partial charge in [0.05, 0.1) is 5.69 Å². The molecule has 1 aromatic heterocycles. The first-order valence-electron chi connectivity index (χ1n) is 5.10. The Kier molecular flexibility index (Phi) is 4.30. The van der Waals surface area contributed by atoms with Crippen LogP contribution in [0.5, 0.6) is 0 Å². The van der Waals surface area contributed by atoms with Gasteiger partial charge in [-0.2, -0.15) is 0 Å². The molecule has 106 valence electrons. The molecule has 0 unspecified atom stereocenters. The molecule has 0 saturated carbocycles. The van der Waals surface area contributed by atoms with Crippen molar-refractivity contribution >= 4 is 55.6 Å². The zero-order valence-electron chi connectivity index (χ0n) is 9.63. The predicted molar refractivity (Wildman–Crippen MR) is 81.2 cm³/mol.